The Morgan fingerprint density at radius 2 is 1.92 bits per heavy atom. The van der Waals surface area contributed by atoms with Gasteiger partial charge in [-0.2, -0.15) is 0 Å². The Hall–Kier alpha value is -1.24. The fraction of sp³-hybridized carbons (Fsp3) is 0.294. The summed E-state index contributed by atoms with van der Waals surface area (Å²) in [6, 6.07) is 8.50. The number of rotatable bonds is 3. The van der Waals surface area contributed by atoms with Crippen LogP contribution in [0.3, 0.4) is 0 Å². The molecule has 1 aliphatic heterocycles. The molecule has 0 radical (unpaired) electrons. The van der Waals surface area contributed by atoms with E-state index in [0.717, 1.165) is 26.1 Å². The van der Waals surface area contributed by atoms with Crippen LogP contribution in [0.2, 0.25) is 10.0 Å². The number of ether oxygens (including phenoxy) is 1. The van der Waals surface area contributed by atoms with Crippen LogP contribution < -0.4 is 10.1 Å². The van der Waals surface area contributed by atoms with E-state index in [0.29, 0.717) is 33.8 Å². The van der Waals surface area contributed by atoms with Crippen molar-refractivity contribution in [2.45, 2.75) is 6.42 Å². The van der Waals surface area contributed by atoms with Gasteiger partial charge in [-0.3, -0.25) is 4.79 Å². The maximum Gasteiger partial charge on any atom is 0.255 e. The Balaban J connectivity index is 0.00000169. The number of benzene rings is 1. The van der Waals surface area contributed by atoms with Crippen LogP contribution in [0.5, 0.6) is 11.6 Å². The maximum absolute atomic E-state index is 12.5. The van der Waals surface area contributed by atoms with Crippen molar-refractivity contribution in [3.8, 4) is 11.6 Å². The molecule has 5 nitrogen and oxygen atoms in total. The number of hydrogen-bond donors (Lipinski definition) is 1. The third-order valence-electron chi connectivity index (χ3n) is 3.74. The average Bonchev–Trinajstić information content (AvgIpc) is 2.88. The molecule has 1 aromatic heterocycles. The molecule has 1 N–H and O–H groups in total. The van der Waals surface area contributed by atoms with Gasteiger partial charge < -0.3 is 15.0 Å². The van der Waals surface area contributed by atoms with Crippen LogP contribution in [-0.2, 0) is 0 Å². The van der Waals surface area contributed by atoms with Gasteiger partial charge in [0.2, 0.25) is 5.88 Å². The lowest BCUT2D eigenvalue weighted by atomic mass is 10.2. The molecule has 0 bridgehead atoms. The number of halogens is 4. The summed E-state index contributed by atoms with van der Waals surface area (Å²) >= 11 is 12.0. The van der Waals surface area contributed by atoms with Gasteiger partial charge in [0, 0.05) is 31.9 Å². The molecule has 2 heterocycles. The molecule has 0 aliphatic carbocycles. The number of nitrogens with one attached hydrogen (secondary N) is 1. The van der Waals surface area contributed by atoms with Crippen LogP contribution in [0.4, 0.5) is 0 Å². The van der Waals surface area contributed by atoms with Crippen LogP contribution >= 0.6 is 48.0 Å². The third-order valence-corrected chi connectivity index (χ3v) is 4.54. The van der Waals surface area contributed by atoms with Gasteiger partial charge in [0.05, 0.1) is 10.6 Å². The molecule has 1 aliphatic rings. The number of carbonyl (C=O) groups excluding carboxylic acids is 1. The first-order valence-electron chi connectivity index (χ1n) is 7.73. The van der Waals surface area contributed by atoms with Crippen molar-refractivity contribution >= 4 is 53.9 Å². The largest absolute Gasteiger partial charge is 0.437 e. The average molecular weight is 439 g/mol. The number of hydrogen-bond acceptors (Lipinski definition) is 4. The predicted octanol–water partition coefficient (Wildman–Crippen LogP) is 4.46. The van der Waals surface area contributed by atoms with E-state index < -0.39 is 0 Å². The predicted molar refractivity (Wildman–Crippen MR) is 109 cm³/mol. The summed E-state index contributed by atoms with van der Waals surface area (Å²) in [7, 11) is 0. The highest BCUT2D eigenvalue weighted by Gasteiger charge is 2.17. The molecule has 1 aromatic carbocycles. The van der Waals surface area contributed by atoms with E-state index in [9.17, 15) is 4.79 Å². The van der Waals surface area contributed by atoms with Crippen molar-refractivity contribution in [1.29, 1.82) is 0 Å². The number of amides is 1. The molecule has 26 heavy (non-hydrogen) atoms. The second-order valence-corrected chi connectivity index (χ2v) is 6.22. The van der Waals surface area contributed by atoms with E-state index in [1.54, 1.807) is 30.3 Å². The van der Waals surface area contributed by atoms with Crippen molar-refractivity contribution in [2.75, 3.05) is 26.2 Å². The van der Waals surface area contributed by atoms with Gasteiger partial charge in [0.15, 0.2) is 0 Å². The summed E-state index contributed by atoms with van der Waals surface area (Å²) in [5.74, 6) is 0.765. The monoisotopic (exact) mass is 437 g/mol. The van der Waals surface area contributed by atoms with Crippen LogP contribution in [0.25, 0.3) is 0 Å². The van der Waals surface area contributed by atoms with Gasteiger partial charge in [0.1, 0.15) is 10.8 Å². The molecule has 3 rings (SSSR count). The molecule has 2 aromatic rings. The van der Waals surface area contributed by atoms with Gasteiger partial charge in [-0.05, 0) is 31.2 Å². The normalized spacial score (nSPS) is 13.8. The molecular formula is C17H19Cl4N3O2. The van der Waals surface area contributed by atoms with Gasteiger partial charge in [-0.15, -0.1) is 24.8 Å². The minimum absolute atomic E-state index is 0. The standard InChI is InChI=1S/C17H17Cl2N3O2.2ClH/c18-13-3-1-4-14(16(13)19)24-15-6-5-12(11-21-15)17(23)22-9-2-7-20-8-10-22;;/h1,3-6,11,20H,2,7-10H2;2*1H. The number of carbonyl (C=O) groups is 1. The summed E-state index contributed by atoms with van der Waals surface area (Å²) in [6.07, 6.45) is 2.47. The molecule has 0 spiro atoms. The lowest BCUT2D eigenvalue weighted by Crippen LogP contribution is -2.34. The smallest absolute Gasteiger partial charge is 0.255 e. The minimum atomic E-state index is -0.0152. The zero-order chi connectivity index (χ0) is 16.9. The van der Waals surface area contributed by atoms with Crippen LogP contribution in [0.15, 0.2) is 36.5 Å². The quantitative estimate of drug-likeness (QED) is 0.768. The Morgan fingerprint density at radius 1 is 1.12 bits per heavy atom. The Labute approximate surface area is 174 Å². The van der Waals surface area contributed by atoms with Gasteiger partial charge in [-0.25, -0.2) is 4.98 Å². The van der Waals surface area contributed by atoms with E-state index in [1.807, 2.05) is 4.90 Å². The lowest BCUT2D eigenvalue weighted by Gasteiger charge is -2.19. The molecule has 1 saturated heterocycles. The molecule has 142 valence electrons. The van der Waals surface area contributed by atoms with E-state index >= 15 is 0 Å². The fourth-order valence-electron chi connectivity index (χ4n) is 2.47. The number of nitrogens with zero attached hydrogens (tertiary/aromatic N) is 2. The lowest BCUT2D eigenvalue weighted by molar-refractivity contribution is 0.0766. The highest BCUT2D eigenvalue weighted by molar-refractivity contribution is 6.42. The van der Waals surface area contributed by atoms with Gasteiger partial charge in [0.25, 0.3) is 5.91 Å². The van der Waals surface area contributed by atoms with Crippen molar-refractivity contribution in [1.82, 2.24) is 15.2 Å². The summed E-state index contributed by atoms with van der Waals surface area (Å²) in [5.41, 5.74) is 0.543. The summed E-state index contributed by atoms with van der Waals surface area (Å²) in [6.45, 7) is 3.21. The van der Waals surface area contributed by atoms with Crippen molar-refractivity contribution in [3.05, 3.63) is 52.1 Å². The molecule has 1 fully saturated rings. The third kappa shape index (κ3) is 5.63. The number of pyridine rings is 1. The van der Waals surface area contributed by atoms with E-state index in [2.05, 4.69) is 10.3 Å². The van der Waals surface area contributed by atoms with E-state index in [4.69, 9.17) is 27.9 Å². The molecule has 0 saturated carbocycles. The highest BCUT2D eigenvalue weighted by atomic mass is 35.5. The fourth-order valence-corrected chi connectivity index (χ4v) is 2.80. The first-order chi connectivity index (χ1) is 11.6. The van der Waals surface area contributed by atoms with Crippen molar-refractivity contribution < 1.29 is 9.53 Å². The minimum Gasteiger partial charge on any atom is -0.437 e. The van der Waals surface area contributed by atoms with Crippen LogP contribution in [-0.4, -0.2) is 42.0 Å². The van der Waals surface area contributed by atoms with Crippen LogP contribution in [0, 0.1) is 0 Å². The second-order valence-electron chi connectivity index (χ2n) is 5.43. The highest BCUT2D eigenvalue weighted by Crippen LogP contribution is 2.33. The van der Waals surface area contributed by atoms with E-state index in [1.165, 1.54) is 6.20 Å². The maximum atomic E-state index is 12.5. The van der Waals surface area contributed by atoms with Crippen LogP contribution in [0.1, 0.15) is 16.8 Å². The van der Waals surface area contributed by atoms with Crippen molar-refractivity contribution in [2.24, 2.45) is 0 Å². The summed E-state index contributed by atoms with van der Waals surface area (Å²) in [5, 5.41) is 4.02. The van der Waals surface area contributed by atoms with Gasteiger partial charge >= 0.3 is 0 Å². The number of aromatic nitrogens is 1. The topological polar surface area (TPSA) is 54.5 Å². The molecular weight excluding hydrogens is 420 g/mol. The molecule has 1 amide bonds. The van der Waals surface area contributed by atoms with E-state index in [-0.39, 0.29) is 30.7 Å². The van der Waals surface area contributed by atoms with Gasteiger partial charge in [-0.1, -0.05) is 29.3 Å². The summed E-state index contributed by atoms with van der Waals surface area (Å²) in [4.78, 5) is 18.5. The zero-order valence-electron chi connectivity index (χ0n) is 13.8. The first kappa shape index (κ1) is 22.8. The molecule has 0 atom stereocenters. The second kappa shape index (κ2) is 10.8. The molecule has 0 unspecified atom stereocenters. The molecule has 9 heteroatoms. The zero-order valence-corrected chi connectivity index (χ0v) is 16.9. The van der Waals surface area contributed by atoms with Crippen molar-refractivity contribution in [3.63, 3.8) is 0 Å². The summed E-state index contributed by atoms with van der Waals surface area (Å²) < 4.78 is 5.63. The SMILES string of the molecule is Cl.Cl.O=C(c1ccc(Oc2cccc(Cl)c2Cl)nc1)N1CCCNCC1. The Morgan fingerprint density at radius 3 is 2.65 bits per heavy atom. The Kier molecular flexibility index (Phi) is 9.47. The Bertz CT molecular complexity index is 720. The first-order valence-corrected chi connectivity index (χ1v) is 8.48.